The third kappa shape index (κ3) is 1.69. The van der Waals surface area contributed by atoms with Gasteiger partial charge in [0, 0.05) is 18.0 Å². The summed E-state index contributed by atoms with van der Waals surface area (Å²) in [5.41, 5.74) is 0.0330. The number of ether oxygens (including phenoxy) is 2. The standard InChI is InChI=1S/C11H14ClNO2S/c12-10-2-1-9(16-10)11(6-14-7-11)8-5-13-3-4-15-8/h1-2,8,13H,3-7H2. The van der Waals surface area contributed by atoms with Crippen molar-refractivity contribution in [2.45, 2.75) is 11.5 Å². The Morgan fingerprint density at radius 1 is 1.44 bits per heavy atom. The van der Waals surface area contributed by atoms with Gasteiger partial charge in [-0.15, -0.1) is 11.3 Å². The molecule has 2 fully saturated rings. The molecule has 2 aliphatic rings. The van der Waals surface area contributed by atoms with Gasteiger partial charge in [0.2, 0.25) is 0 Å². The van der Waals surface area contributed by atoms with E-state index >= 15 is 0 Å². The zero-order chi connectivity index (χ0) is 11.0. The first-order valence-electron chi connectivity index (χ1n) is 5.47. The van der Waals surface area contributed by atoms with Crippen LogP contribution in [0.1, 0.15) is 4.88 Å². The number of morpholine rings is 1. The Kier molecular flexibility index (Phi) is 2.94. The Labute approximate surface area is 104 Å². The lowest BCUT2D eigenvalue weighted by Gasteiger charge is -2.47. The summed E-state index contributed by atoms with van der Waals surface area (Å²) in [6, 6.07) is 4.06. The molecule has 1 aromatic heterocycles. The van der Waals surface area contributed by atoms with Crippen molar-refractivity contribution in [2.75, 3.05) is 32.9 Å². The molecule has 3 rings (SSSR count). The van der Waals surface area contributed by atoms with Crippen molar-refractivity contribution in [1.29, 1.82) is 0 Å². The molecule has 0 bridgehead atoms. The van der Waals surface area contributed by atoms with Gasteiger partial charge in [-0.1, -0.05) is 11.6 Å². The molecule has 88 valence electrons. The Bertz CT molecular complexity index is 372. The minimum atomic E-state index is 0.0330. The van der Waals surface area contributed by atoms with E-state index in [2.05, 4.69) is 11.4 Å². The number of nitrogens with one attached hydrogen (secondary N) is 1. The van der Waals surface area contributed by atoms with Crippen LogP contribution in [0.3, 0.4) is 0 Å². The van der Waals surface area contributed by atoms with Crippen LogP contribution in [0.15, 0.2) is 12.1 Å². The van der Waals surface area contributed by atoms with E-state index in [0.29, 0.717) is 0 Å². The molecule has 0 aliphatic carbocycles. The van der Waals surface area contributed by atoms with Gasteiger partial charge in [0.05, 0.1) is 35.7 Å². The van der Waals surface area contributed by atoms with Crippen molar-refractivity contribution < 1.29 is 9.47 Å². The average molecular weight is 260 g/mol. The summed E-state index contributed by atoms with van der Waals surface area (Å²) in [6.07, 6.45) is 0.213. The molecule has 16 heavy (non-hydrogen) atoms. The van der Waals surface area contributed by atoms with Crippen LogP contribution in [0, 0.1) is 0 Å². The Hall–Kier alpha value is -0.130. The summed E-state index contributed by atoms with van der Waals surface area (Å²) in [7, 11) is 0. The summed E-state index contributed by atoms with van der Waals surface area (Å²) in [5.74, 6) is 0. The summed E-state index contributed by atoms with van der Waals surface area (Å²) < 4.78 is 12.1. The van der Waals surface area contributed by atoms with Gasteiger partial charge < -0.3 is 14.8 Å². The fraction of sp³-hybridized carbons (Fsp3) is 0.636. The summed E-state index contributed by atoms with van der Waals surface area (Å²) in [5, 5.41) is 3.38. The smallest absolute Gasteiger partial charge is 0.0931 e. The number of halogens is 1. The summed E-state index contributed by atoms with van der Waals surface area (Å²) in [4.78, 5) is 1.29. The molecule has 2 saturated heterocycles. The van der Waals surface area contributed by atoms with Gasteiger partial charge in [-0.05, 0) is 12.1 Å². The van der Waals surface area contributed by atoms with Crippen LogP contribution in [0.25, 0.3) is 0 Å². The van der Waals surface area contributed by atoms with Crippen molar-refractivity contribution >= 4 is 22.9 Å². The van der Waals surface area contributed by atoms with E-state index in [4.69, 9.17) is 21.1 Å². The van der Waals surface area contributed by atoms with E-state index in [1.165, 1.54) is 4.88 Å². The van der Waals surface area contributed by atoms with Gasteiger partial charge in [-0.3, -0.25) is 0 Å². The fourth-order valence-corrected chi connectivity index (χ4v) is 3.56. The fourth-order valence-electron chi connectivity index (χ4n) is 2.31. The van der Waals surface area contributed by atoms with Crippen molar-refractivity contribution in [1.82, 2.24) is 5.32 Å². The SMILES string of the molecule is Clc1ccc(C2(C3CNCCO3)COC2)s1. The topological polar surface area (TPSA) is 30.5 Å². The molecule has 1 N–H and O–H groups in total. The minimum absolute atomic E-state index is 0.0330. The second-order valence-corrected chi connectivity index (χ2v) is 6.03. The second-order valence-electron chi connectivity index (χ2n) is 4.32. The molecule has 3 heterocycles. The van der Waals surface area contributed by atoms with Gasteiger partial charge in [0.1, 0.15) is 0 Å². The van der Waals surface area contributed by atoms with Crippen LogP contribution in [-0.2, 0) is 14.9 Å². The third-order valence-corrected chi connectivity index (χ3v) is 4.78. The number of hydrogen-bond acceptors (Lipinski definition) is 4. The van der Waals surface area contributed by atoms with Crippen LogP contribution < -0.4 is 5.32 Å². The zero-order valence-corrected chi connectivity index (χ0v) is 10.4. The number of hydrogen-bond donors (Lipinski definition) is 1. The number of thiophene rings is 1. The molecule has 0 spiro atoms. The number of rotatable bonds is 2. The first-order valence-corrected chi connectivity index (χ1v) is 6.67. The van der Waals surface area contributed by atoms with Crippen LogP contribution in [0.4, 0.5) is 0 Å². The Balaban J connectivity index is 1.87. The van der Waals surface area contributed by atoms with E-state index in [-0.39, 0.29) is 11.5 Å². The second kappa shape index (κ2) is 4.27. The molecule has 0 saturated carbocycles. The normalized spacial score (nSPS) is 28.7. The molecule has 0 radical (unpaired) electrons. The maximum Gasteiger partial charge on any atom is 0.0931 e. The molecule has 1 aromatic rings. The van der Waals surface area contributed by atoms with E-state index < -0.39 is 0 Å². The largest absolute Gasteiger partial charge is 0.379 e. The molecular formula is C11H14ClNO2S. The van der Waals surface area contributed by atoms with Crippen molar-refractivity contribution in [3.05, 3.63) is 21.3 Å². The van der Waals surface area contributed by atoms with E-state index in [9.17, 15) is 0 Å². The zero-order valence-electron chi connectivity index (χ0n) is 8.87. The maximum absolute atomic E-state index is 6.01. The van der Waals surface area contributed by atoms with Crippen molar-refractivity contribution in [3.63, 3.8) is 0 Å². The highest BCUT2D eigenvalue weighted by Gasteiger charge is 2.49. The summed E-state index contributed by atoms with van der Waals surface area (Å²) >= 11 is 7.65. The highest BCUT2D eigenvalue weighted by Crippen LogP contribution is 2.42. The summed E-state index contributed by atoms with van der Waals surface area (Å²) in [6.45, 7) is 4.12. The predicted octanol–water partition coefficient (Wildman–Crippen LogP) is 1.66. The quantitative estimate of drug-likeness (QED) is 0.876. The average Bonchev–Trinajstić information content (AvgIpc) is 2.65. The monoisotopic (exact) mass is 259 g/mol. The van der Waals surface area contributed by atoms with E-state index in [1.54, 1.807) is 11.3 Å². The van der Waals surface area contributed by atoms with Crippen LogP contribution in [-0.4, -0.2) is 39.0 Å². The van der Waals surface area contributed by atoms with E-state index in [0.717, 1.165) is 37.2 Å². The molecule has 0 aromatic carbocycles. The molecule has 1 unspecified atom stereocenters. The Morgan fingerprint density at radius 2 is 2.31 bits per heavy atom. The lowest BCUT2D eigenvalue weighted by molar-refractivity contribution is -0.144. The molecule has 1 atom stereocenters. The highest BCUT2D eigenvalue weighted by molar-refractivity contribution is 7.16. The van der Waals surface area contributed by atoms with Crippen molar-refractivity contribution in [3.8, 4) is 0 Å². The lowest BCUT2D eigenvalue weighted by atomic mass is 9.78. The maximum atomic E-state index is 6.01. The van der Waals surface area contributed by atoms with Crippen LogP contribution in [0.2, 0.25) is 4.34 Å². The minimum Gasteiger partial charge on any atom is -0.379 e. The molecule has 2 aliphatic heterocycles. The van der Waals surface area contributed by atoms with Crippen LogP contribution in [0.5, 0.6) is 0 Å². The highest BCUT2D eigenvalue weighted by atomic mass is 35.5. The van der Waals surface area contributed by atoms with Gasteiger partial charge in [0.15, 0.2) is 0 Å². The molecular weight excluding hydrogens is 246 g/mol. The molecule has 3 nitrogen and oxygen atoms in total. The van der Waals surface area contributed by atoms with Gasteiger partial charge in [0.25, 0.3) is 0 Å². The lowest BCUT2D eigenvalue weighted by Crippen LogP contribution is -2.60. The van der Waals surface area contributed by atoms with Crippen molar-refractivity contribution in [2.24, 2.45) is 0 Å². The third-order valence-electron chi connectivity index (χ3n) is 3.33. The van der Waals surface area contributed by atoms with Gasteiger partial charge >= 0.3 is 0 Å². The first kappa shape index (κ1) is 11.0. The van der Waals surface area contributed by atoms with Gasteiger partial charge in [-0.25, -0.2) is 0 Å². The van der Waals surface area contributed by atoms with E-state index in [1.807, 2.05) is 6.07 Å². The Morgan fingerprint density at radius 3 is 2.81 bits per heavy atom. The van der Waals surface area contributed by atoms with Gasteiger partial charge in [-0.2, -0.15) is 0 Å². The molecule has 0 amide bonds. The predicted molar refractivity (Wildman–Crippen MR) is 64.4 cm³/mol. The van der Waals surface area contributed by atoms with Crippen LogP contribution >= 0.6 is 22.9 Å². The first-order chi connectivity index (χ1) is 7.81. The molecule has 5 heteroatoms.